The first kappa shape index (κ1) is 19.9. The molecule has 0 amide bonds. The highest BCUT2D eigenvalue weighted by Gasteiger charge is 2.31. The molecule has 0 saturated carbocycles. The van der Waals surface area contributed by atoms with Gasteiger partial charge in [-0.05, 0) is 48.0 Å². The Bertz CT molecular complexity index is 1230. The molecule has 0 aliphatic carbocycles. The lowest BCUT2D eigenvalue weighted by Gasteiger charge is -2.26. The topological polar surface area (TPSA) is 113 Å². The van der Waals surface area contributed by atoms with E-state index < -0.39 is 11.7 Å². The molecule has 0 fully saturated rings. The van der Waals surface area contributed by atoms with Crippen LogP contribution in [0.25, 0.3) is 0 Å². The summed E-state index contributed by atoms with van der Waals surface area (Å²) in [6, 6.07) is 17.7. The summed E-state index contributed by atoms with van der Waals surface area (Å²) in [4.78, 5) is 0. The monoisotopic (exact) mass is 416 g/mol. The molecule has 1 atom stereocenters. The van der Waals surface area contributed by atoms with Crippen molar-refractivity contribution >= 4 is 11.4 Å². The Morgan fingerprint density at radius 3 is 2.45 bits per heavy atom. The number of nitrogens with two attached hydrogens (primary N) is 1. The number of aromatic hydroxyl groups is 1. The van der Waals surface area contributed by atoms with Crippen LogP contribution in [-0.4, -0.2) is 12.2 Å². The van der Waals surface area contributed by atoms with Crippen molar-refractivity contribution in [1.29, 1.82) is 5.26 Å². The molecule has 0 saturated heterocycles. The summed E-state index contributed by atoms with van der Waals surface area (Å²) < 4.78 is 24.1. The van der Waals surface area contributed by atoms with Crippen LogP contribution in [-0.2, 0) is 0 Å². The van der Waals surface area contributed by atoms with Crippen LogP contribution in [0.2, 0.25) is 0 Å². The van der Waals surface area contributed by atoms with Crippen molar-refractivity contribution in [3.05, 3.63) is 89.1 Å². The number of rotatable bonds is 4. The quantitative estimate of drug-likeness (QED) is 0.570. The SMILES string of the molecule is COc1ccc(N=Nc2cc3c(cc2O)OC(N)=C(C#N)C3c2ccc(F)cc2)cc1. The maximum absolute atomic E-state index is 13.4. The molecule has 3 aromatic carbocycles. The van der Waals surface area contributed by atoms with Gasteiger partial charge in [0.1, 0.15) is 40.4 Å². The maximum atomic E-state index is 13.4. The maximum Gasteiger partial charge on any atom is 0.205 e. The molecule has 31 heavy (non-hydrogen) atoms. The van der Waals surface area contributed by atoms with Gasteiger partial charge in [0, 0.05) is 11.6 Å². The van der Waals surface area contributed by atoms with Crippen LogP contribution in [0.15, 0.2) is 82.3 Å². The van der Waals surface area contributed by atoms with Crippen molar-refractivity contribution in [3.8, 4) is 23.3 Å². The molecular formula is C23H17FN4O3. The first-order valence-corrected chi connectivity index (χ1v) is 9.26. The van der Waals surface area contributed by atoms with Crippen molar-refractivity contribution in [3.63, 3.8) is 0 Å². The zero-order chi connectivity index (χ0) is 22.0. The van der Waals surface area contributed by atoms with Crippen LogP contribution in [0.3, 0.4) is 0 Å². The smallest absolute Gasteiger partial charge is 0.205 e. The van der Waals surface area contributed by atoms with Crippen molar-refractivity contribution in [2.45, 2.75) is 5.92 Å². The van der Waals surface area contributed by atoms with Crippen LogP contribution in [0.4, 0.5) is 15.8 Å². The number of halogens is 1. The number of fused-ring (bicyclic) bond motifs is 1. The molecule has 3 aromatic rings. The van der Waals surface area contributed by atoms with Gasteiger partial charge in [-0.1, -0.05) is 12.1 Å². The van der Waals surface area contributed by atoms with E-state index in [1.165, 1.54) is 18.2 Å². The third kappa shape index (κ3) is 3.89. The lowest BCUT2D eigenvalue weighted by Crippen LogP contribution is -2.21. The lowest BCUT2D eigenvalue weighted by atomic mass is 9.83. The average molecular weight is 416 g/mol. The van der Waals surface area contributed by atoms with Crippen LogP contribution in [0, 0.1) is 17.1 Å². The van der Waals surface area contributed by atoms with E-state index in [9.17, 15) is 14.8 Å². The molecule has 0 bridgehead atoms. The van der Waals surface area contributed by atoms with Gasteiger partial charge in [0.05, 0.1) is 18.7 Å². The standard InChI is InChI=1S/C23H17FN4O3/c1-30-16-8-6-15(7-9-16)27-28-19-10-17-21(11-20(19)29)31-23(26)18(12-25)22(17)13-2-4-14(24)5-3-13/h2-11,22,29H,26H2,1H3. The molecule has 0 aromatic heterocycles. The summed E-state index contributed by atoms with van der Waals surface area (Å²) in [5, 5.41) is 28.3. The van der Waals surface area contributed by atoms with E-state index in [2.05, 4.69) is 16.3 Å². The molecular weight excluding hydrogens is 399 g/mol. The van der Waals surface area contributed by atoms with Gasteiger partial charge in [-0.2, -0.15) is 10.4 Å². The Kier molecular flexibility index (Phi) is 5.24. The van der Waals surface area contributed by atoms with Gasteiger partial charge in [-0.25, -0.2) is 4.39 Å². The number of allylic oxidation sites excluding steroid dienone is 1. The minimum absolute atomic E-state index is 0.0728. The van der Waals surface area contributed by atoms with Gasteiger partial charge in [-0.3, -0.25) is 0 Å². The molecule has 8 heteroatoms. The third-order valence-corrected chi connectivity index (χ3v) is 4.86. The number of hydrogen-bond donors (Lipinski definition) is 2. The Hall–Kier alpha value is -4.38. The predicted molar refractivity (Wildman–Crippen MR) is 111 cm³/mol. The van der Waals surface area contributed by atoms with E-state index in [1.807, 2.05) is 0 Å². The number of nitriles is 1. The minimum Gasteiger partial charge on any atom is -0.505 e. The summed E-state index contributed by atoms with van der Waals surface area (Å²) >= 11 is 0. The van der Waals surface area contributed by atoms with E-state index in [0.717, 1.165) is 0 Å². The highest BCUT2D eigenvalue weighted by atomic mass is 19.1. The zero-order valence-corrected chi connectivity index (χ0v) is 16.4. The molecule has 1 unspecified atom stereocenters. The molecule has 1 aliphatic rings. The summed E-state index contributed by atoms with van der Waals surface area (Å²) in [5.41, 5.74) is 8.07. The fourth-order valence-electron chi connectivity index (χ4n) is 3.32. The van der Waals surface area contributed by atoms with Gasteiger partial charge >= 0.3 is 0 Å². The van der Waals surface area contributed by atoms with E-state index in [-0.39, 0.29) is 28.6 Å². The highest BCUT2D eigenvalue weighted by molar-refractivity contribution is 5.64. The number of phenolic OH excluding ortho intramolecular Hbond substituents is 1. The number of methoxy groups -OCH3 is 1. The highest BCUT2D eigenvalue weighted by Crippen LogP contribution is 2.46. The first-order chi connectivity index (χ1) is 15.0. The normalized spacial score (nSPS) is 15.3. The number of nitrogens with zero attached hydrogens (tertiary/aromatic N) is 3. The molecule has 0 radical (unpaired) electrons. The Labute approximate surface area is 177 Å². The van der Waals surface area contributed by atoms with Gasteiger partial charge in [0.2, 0.25) is 5.88 Å². The van der Waals surface area contributed by atoms with E-state index in [4.69, 9.17) is 15.2 Å². The second-order valence-electron chi connectivity index (χ2n) is 6.75. The summed E-state index contributed by atoms with van der Waals surface area (Å²) in [6.45, 7) is 0. The second-order valence-corrected chi connectivity index (χ2v) is 6.75. The summed E-state index contributed by atoms with van der Waals surface area (Å²) in [6.07, 6.45) is 0. The largest absolute Gasteiger partial charge is 0.505 e. The number of phenols is 1. The van der Waals surface area contributed by atoms with Crippen molar-refractivity contribution < 1.29 is 19.0 Å². The Morgan fingerprint density at radius 1 is 1.10 bits per heavy atom. The first-order valence-electron chi connectivity index (χ1n) is 9.26. The summed E-state index contributed by atoms with van der Waals surface area (Å²) in [7, 11) is 1.57. The number of ether oxygens (including phenoxy) is 2. The Balaban J connectivity index is 1.77. The number of azo groups is 1. The van der Waals surface area contributed by atoms with Crippen molar-refractivity contribution in [2.24, 2.45) is 16.0 Å². The second kappa shape index (κ2) is 8.16. The van der Waals surface area contributed by atoms with Crippen molar-refractivity contribution in [2.75, 3.05) is 7.11 Å². The molecule has 0 spiro atoms. The summed E-state index contributed by atoms with van der Waals surface area (Å²) in [5.74, 6) is -0.274. The third-order valence-electron chi connectivity index (χ3n) is 4.86. The molecule has 154 valence electrons. The lowest BCUT2D eigenvalue weighted by molar-refractivity contribution is 0.388. The van der Waals surface area contributed by atoms with Crippen LogP contribution in [0.5, 0.6) is 17.2 Å². The fourth-order valence-corrected chi connectivity index (χ4v) is 3.32. The van der Waals surface area contributed by atoms with E-state index >= 15 is 0 Å². The van der Waals surface area contributed by atoms with Crippen LogP contribution >= 0.6 is 0 Å². The number of hydrogen-bond acceptors (Lipinski definition) is 7. The van der Waals surface area contributed by atoms with Crippen LogP contribution < -0.4 is 15.2 Å². The molecule has 1 heterocycles. The molecule has 3 N–H and O–H groups in total. The van der Waals surface area contributed by atoms with Gasteiger partial charge in [0.25, 0.3) is 0 Å². The predicted octanol–water partition coefficient (Wildman–Crippen LogP) is 5.17. The van der Waals surface area contributed by atoms with E-state index in [0.29, 0.717) is 22.6 Å². The molecule has 7 nitrogen and oxygen atoms in total. The van der Waals surface area contributed by atoms with Gasteiger partial charge < -0.3 is 20.3 Å². The van der Waals surface area contributed by atoms with Gasteiger partial charge in [0.15, 0.2) is 0 Å². The number of benzene rings is 3. The zero-order valence-electron chi connectivity index (χ0n) is 16.4. The average Bonchev–Trinajstić information content (AvgIpc) is 2.78. The molecule has 1 aliphatic heterocycles. The van der Waals surface area contributed by atoms with Crippen LogP contribution in [0.1, 0.15) is 17.0 Å². The van der Waals surface area contributed by atoms with Gasteiger partial charge in [-0.15, -0.1) is 5.11 Å². The fraction of sp³-hybridized carbons (Fsp3) is 0.0870. The van der Waals surface area contributed by atoms with Crippen molar-refractivity contribution in [1.82, 2.24) is 0 Å². The minimum atomic E-state index is -0.607. The molecule has 4 rings (SSSR count). The van der Waals surface area contributed by atoms with E-state index in [1.54, 1.807) is 49.6 Å². The Morgan fingerprint density at radius 2 is 1.81 bits per heavy atom.